The Labute approximate surface area is 141 Å². The molecule has 0 aliphatic rings. The van der Waals surface area contributed by atoms with Crippen LogP contribution in [0.5, 0.6) is 0 Å². The minimum absolute atomic E-state index is 0.0879. The molecule has 2 heterocycles. The van der Waals surface area contributed by atoms with Crippen LogP contribution in [-0.4, -0.2) is 25.9 Å². The number of aryl methyl sites for hydroxylation is 1. The predicted octanol–water partition coefficient (Wildman–Crippen LogP) is 3.98. The van der Waals surface area contributed by atoms with Gasteiger partial charge in [-0.05, 0) is 36.5 Å². The van der Waals surface area contributed by atoms with E-state index >= 15 is 0 Å². The molecule has 0 atom stereocenters. The van der Waals surface area contributed by atoms with E-state index < -0.39 is 0 Å². The summed E-state index contributed by atoms with van der Waals surface area (Å²) in [6, 6.07) is 13.5. The highest BCUT2D eigenvalue weighted by Gasteiger charge is 2.12. The zero-order valence-corrected chi connectivity index (χ0v) is 14.3. The van der Waals surface area contributed by atoms with E-state index in [0.29, 0.717) is 15.4 Å². The Morgan fingerprint density at radius 2 is 2.05 bits per heavy atom. The number of para-hydroxylation sites is 1. The van der Waals surface area contributed by atoms with Crippen molar-refractivity contribution >= 4 is 41.1 Å². The van der Waals surface area contributed by atoms with Crippen molar-refractivity contribution in [1.29, 1.82) is 0 Å². The maximum atomic E-state index is 12.2. The molecule has 4 nitrogen and oxygen atoms in total. The van der Waals surface area contributed by atoms with Gasteiger partial charge in [-0.25, -0.2) is 4.68 Å². The molecule has 0 aliphatic heterocycles. The maximum Gasteiger partial charge on any atom is 0.189 e. The second-order valence-corrected chi connectivity index (χ2v) is 7.44. The van der Waals surface area contributed by atoms with Crippen LogP contribution in [0.25, 0.3) is 5.69 Å². The Morgan fingerprint density at radius 3 is 2.73 bits per heavy atom. The molecule has 7 heteroatoms. The van der Waals surface area contributed by atoms with Crippen LogP contribution < -0.4 is 0 Å². The molecule has 0 N–H and O–H groups in total. The van der Waals surface area contributed by atoms with Crippen molar-refractivity contribution in [3.05, 3.63) is 58.3 Å². The summed E-state index contributed by atoms with van der Waals surface area (Å²) in [5.74, 6) is 0.444. The minimum Gasteiger partial charge on any atom is -0.348 e. The van der Waals surface area contributed by atoms with Crippen molar-refractivity contribution in [3.8, 4) is 5.69 Å². The van der Waals surface area contributed by atoms with Gasteiger partial charge in [0.15, 0.2) is 14.1 Å². The number of aromatic nitrogens is 3. The number of ketones is 1. The largest absolute Gasteiger partial charge is 0.348 e. The lowest BCUT2D eigenvalue weighted by Gasteiger charge is -2.01. The first-order chi connectivity index (χ1) is 10.6. The number of rotatable bonds is 5. The summed E-state index contributed by atoms with van der Waals surface area (Å²) < 4.78 is 5.04. The molecule has 0 aliphatic carbocycles. The molecular formula is C15H13N3OS3. The average Bonchev–Trinajstić information content (AvgIpc) is 3.11. The van der Waals surface area contributed by atoms with Gasteiger partial charge in [0.25, 0.3) is 0 Å². The highest BCUT2D eigenvalue weighted by Crippen LogP contribution is 2.24. The van der Waals surface area contributed by atoms with Crippen LogP contribution in [0, 0.1) is 3.95 Å². The first kappa shape index (κ1) is 15.2. The number of Topliss-reactive ketones (excluding diaryl/α,β-unsaturated/α-hetero) is 1. The molecular weight excluding hydrogens is 334 g/mol. The summed E-state index contributed by atoms with van der Waals surface area (Å²) in [5.41, 5.74) is 1.64. The van der Waals surface area contributed by atoms with E-state index in [4.69, 9.17) is 12.2 Å². The van der Waals surface area contributed by atoms with Gasteiger partial charge < -0.3 is 4.57 Å². The molecule has 0 amide bonds. The highest BCUT2D eigenvalue weighted by atomic mass is 32.2. The molecule has 1 aromatic carbocycles. The third kappa shape index (κ3) is 3.21. The maximum absolute atomic E-state index is 12.2. The number of hydrogen-bond acceptors (Lipinski definition) is 5. The van der Waals surface area contributed by atoms with E-state index in [2.05, 4.69) is 5.10 Å². The van der Waals surface area contributed by atoms with Crippen LogP contribution in [0.15, 0.2) is 53.0 Å². The molecule has 0 unspecified atom stereocenters. The predicted molar refractivity (Wildman–Crippen MR) is 92.7 cm³/mol. The Morgan fingerprint density at radius 1 is 1.27 bits per heavy atom. The number of benzene rings is 1. The molecule has 0 spiro atoms. The number of thioether (sulfide) groups is 1. The van der Waals surface area contributed by atoms with Crippen LogP contribution in [0.4, 0.5) is 0 Å². The van der Waals surface area contributed by atoms with Crippen molar-refractivity contribution in [2.75, 3.05) is 5.75 Å². The Hall–Kier alpha value is -1.70. The van der Waals surface area contributed by atoms with Crippen molar-refractivity contribution in [2.45, 2.75) is 4.34 Å². The summed E-state index contributed by atoms with van der Waals surface area (Å²) in [6.07, 6.45) is 1.87. The van der Waals surface area contributed by atoms with Crippen LogP contribution in [0.3, 0.4) is 0 Å². The van der Waals surface area contributed by atoms with E-state index in [0.717, 1.165) is 10.0 Å². The van der Waals surface area contributed by atoms with Gasteiger partial charge in [-0.3, -0.25) is 4.79 Å². The molecule has 3 aromatic rings. The minimum atomic E-state index is 0.0879. The molecule has 0 saturated heterocycles. The van der Waals surface area contributed by atoms with Gasteiger partial charge in [0.2, 0.25) is 0 Å². The second-order valence-electron chi connectivity index (χ2n) is 4.60. The number of carbonyl (C=O) groups excluding carboxylic acids is 1. The lowest BCUT2D eigenvalue weighted by molar-refractivity contribution is 0.101. The third-order valence-electron chi connectivity index (χ3n) is 3.09. The molecule has 0 fully saturated rings. The van der Waals surface area contributed by atoms with E-state index in [-0.39, 0.29) is 5.78 Å². The molecule has 0 radical (unpaired) electrons. The van der Waals surface area contributed by atoms with Crippen LogP contribution in [-0.2, 0) is 7.05 Å². The molecule has 0 saturated carbocycles. The van der Waals surface area contributed by atoms with Gasteiger partial charge >= 0.3 is 0 Å². The van der Waals surface area contributed by atoms with Gasteiger partial charge in [-0.1, -0.05) is 41.3 Å². The molecule has 0 bridgehead atoms. The summed E-state index contributed by atoms with van der Waals surface area (Å²) in [6.45, 7) is 0. The fourth-order valence-electron chi connectivity index (χ4n) is 2.00. The zero-order chi connectivity index (χ0) is 15.5. The van der Waals surface area contributed by atoms with Crippen LogP contribution in [0.1, 0.15) is 10.5 Å². The number of hydrogen-bond donors (Lipinski definition) is 0. The Balaban J connectivity index is 1.74. The normalized spacial score (nSPS) is 10.8. The third-order valence-corrected chi connectivity index (χ3v) is 5.45. The fraction of sp³-hybridized carbons (Fsp3) is 0.133. The van der Waals surface area contributed by atoms with Crippen LogP contribution in [0.2, 0.25) is 0 Å². The quantitative estimate of drug-likeness (QED) is 0.398. The molecule has 22 heavy (non-hydrogen) atoms. The van der Waals surface area contributed by atoms with E-state index in [1.165, 1.54) is 23.1 Å². The van der Waals surface area contributed by atoms with Gasteiger partial charge in [0.05, 0.1) is 17.1 Å². The smallest absolute Gasteiger partial charge is 0.189 e. The summed E-state index contributed by atoms with van der Waals surface area (Å²) in [5, 5.41) is 4.49. The molecule has 2 aromatic heterocycles. The van der Waals surface area contributed by atoms with Gasteiger partial charge in [-0.2, -0.15) is 0 Å². The average molecular weight is 347 g/mol. The number of carbonyl (C=O) groups is 1. The van der Waals surface area contributed by atoms with Gasteiger partial charge in [0.1, 0.15) is 0 Å². The first-order valence-corrected chi connectivity index (χ1v) is 8.79. The van der Waals surface area contributed by atoms with E-state index in [9.17, 15) is 4.79 Å². The summed E-state index contributed by atoms with van der Waals surface area (Å²) in [7, 11) is 1.87. The lowest BCUT2D eigenvalue weighted by atomic mass is 10.3. The molecule has 3 rings (SSSR count). The Bertz CT molecular complexity index is 848. The van der Waals surface area contributed by atoms with Crippen molar-refractivity contribution < 1.29 is 4.79 Å². The number of nitrogens with zero attached hydrogens (tertiary/aromatic N) is 3. The zero-order valence-electron chi connectivity index (χ0n) is 11.8. The van der Waals surface area contributed by atoms with Crippen molar-refractivity contribution in [1.82, 2.24) is 14.3 Å². The van der Waals surface area contributed by atoms with Crippen LogP contribution >= 0.6 is 35.3 Å². The van der Waals surface area contributed by atoms with Gasteiger partial charge in [-0.15, -0.1) is 5.10 Å². The second kappa shape index (κ2) is 6.60. The summed E-state index contributed by atoms with van der Waals surface area (Å²) in [4.78, 5) is 12.2. The highest BCUT2D eigenvalue weighted by molar-refractivity contribution is 8.01. The fourth-order valence-corrected chi connectivity index (χ4v) is 4.24. The lowest BCUT2D eigenvalue weighted by Crippen LogP contribution is -2.07. The van der Waals surface area contributed by atoms with Crippen molar-refractivity contribution in [3.63, 3.8) is 0 Å². The van der Waals surface area contributed by atoms with E-state index in [1.54, 1.807) is 4.68 Å². The molecule has 112 valence electrons. The summed E-state index contributed by atoms with van der Waals surface area (Å²) >= 11 is 8.20. The standard InChI is InChI=1S/C15H13N3OS3/c1-17-9-5-8-12(17)13(19)10-21-14-16-18(15(20)22-14)11-6-3-2-4-7-11/h2-9H,10H2,1H3. The van der Waals surface area contributed by atoms with Crippen molar-refractivity contribution in [2.24, 2.45) is 7.05 Å². The Kier molecular flexibility index (Phi) is 4.56. The monoisotopic (exact) mass is 347 g/mol. The van der Waals surface area contributed by atoms with Gasteiger partial charge in [0, 0.05) is 13.2 Å². The van der Waals surface area contributed by atoms with E-state index in [1.807, 2.05) is 60.3 Å². The topological polar surface area (TPSA) is 39.8 Å². The first-order valence-electron chi connectivity index (χ1n) is 6.58. The SMILES string of the molecule is Cn1cccc1C(=O)CSc1nn(-c2ccccc2)c(=S)s1.